The molecule has 1 fully saturated rings. The van der Waals surface area contributed by atoms with Crippen molar-refractivity contribution in [3.8, 4) is 0 Å². The van der Waals surface area contributed by atoms with Crippen LogP contribution in [0.2, 0.25) is 5.15 Å². The summed E-state index contributed by atoms with van der Waals surface area (Å²) in [6.45, 7) is 7.97. The Labute approximate surface area is 124 Å². The van der Waals surface area contributed by atoms with Gasteiger partial charge >= 0.3 is 5.69 Å². The Bertz CT molecular complexity index is 604. The largest absolute Gasteiger partial charge is 0.329 e. The standard InChI is InChI=1S/C15H23ClN2O2/c1-9(15(2,3)4)18-13(19)11(10-7-5-6-8-10)12(16)17-14(18)20/h9-10H,5-8H2,1-4H3,(H,17,20). The average Bonchev–Trinajstić information content (AvgIpc) is 2.80. The molecule has 0 spiro atoms. The molecule has 1 unspecified atom stereocenters. The molecule has 4 nitrogen and oxygen atoms in total. The van der Waals surface area contributed by atoms with E-state index in [0.717, 1.165) is 25.7 Å². The summed E-state index contributed by atoms with van der Waals surface area (Å²) in [5.41, 5.74) is -0.199. The van der Waals surface area contributed by atoms with Gasteiger partial charge in [-0.05, 0) is 31.1 Å². The molecule has 2 rings (SSSR count). The summed E-state index contributed by atoms with van der Waals surface area (Å²) in [5, 5.41) is 0.226. The molecule has 1 aromatic rings. The monoisotopic (exact) mass is 298 g/mol. The third-order valence-corrected chi connectivity index (χ3v) is 4.82. The predicted molar refractivity (Wildman–Crippen MR) is 81.7 cm³/mol. The number of hydrogen-bond acceptors (Lipinski definition) is 2. The van der Waals surface area contributed by atoms with E-state index in [1.165, 1.54) is 4.57 Å². The van der Waals surface area contributed by atoms with E-state index in [1.54, 1.807) is 0 Å². The fourth-order valence-electron chi connectivity index (χ4n) is 2.84. The predicted octanol–water partition coefficient (Wildman–Crippen LogP) is 3.45. The van der Waals surface area contributed by atoms with Crippen molar-refractivity contribution in [1.29, 1.82) is 0 Å². The van der Waals surface area contributed by atoms with E-state index in [9.17, 15) is 9.59 Å². The molecule has 0 amide bonds. The van der Waals surface area contributed by atoms with E-state index >= 15 is 0 Å². The van der Waals surface area contributed by atoms with Gasteiger partial charge in [-0.1, -0.05) is 45.2 Å². The van der Waals surface area contributed by atoms with E-state index in [-0.39, 0.29) is 28.1 Å². The van der Waals surface area contributed by atoms with Crippen LogP contribution in [0.3, 0.4) is 0 Å². The van der Waals surface area contributed by atoms with E-state index < -0.39 is 5.69 Å². The molecule has 112 valence electrons. The fourth-order valence-corrected chi connectivity index (χ4v) is 3.16. The maximum atomic E-state index is 12.7. The van der Waals surface area contributed by atoms with Crippen LogP contribution in [-0.2, 0) is 0 Å². The Kier molecular flexibility index (Phi) is 4.14. The maximum absolute atomic E-state index is 12.7. The lowest BCUT2D eigenvalue weighted by Crippen LogP contribution is -2.43. The second-order valence-electron chi connectivity index (χ2n) is 6.86. The first kappa shape index (κ1) is 15.4. The van der Waals surface area contributed by atoms with Crippen LogP contribution in [-0.4, -0.2) is 9.55 Å². The molecule has 0 aliphatic heterocycles. The number of rotatable bonds is 2. The number of aromatic amines is 1. The summed E-state index contributed by atoms with van der Waals surface area (Å²) in [4.78, 5) is 27.5. The number of nitrogens with one attached hydrogen (secondary N) is 1. The fraction of sp³-hybridized carbons (Fsp3) is 0.733. The van der Waals surface area contributed by atoms with E-state index in [2.05, 4.69) is 4.98 Å². The highest BCUT2D eigenvalue weighted by Crippen LogP contribution is 2.35. The number of nitrogens with zero attached hydrogens (tertiary/aromatic N) is 1. The van der Waals surface area contributed by atoms with Crippen molar-refractivity contribution < 1.29 is 0 Å². The molecule has 20 heavy (non-hydrogen) atoms. The average molecular weight is 299 g/mol. The molecule has 1 heterocycles. The summed E-state index contributed by atoms with van der Waals surface area (Å²) in [6.07, 6.45) is 4.19. The number of H-pyrrole nitrogens is 1. The number of aromatic nitrogens is 2. The Hall–Kier alpha value is -1.03. The van der Waals surface area contributed by atoms with Crippen LogP contribution in [0.5, 0.6) is 0 Å². The molecule has 0 saturated heterocycles. The molecule has 0 bridgehead atoms. The van der Waals surface area contributed by atoms with Crippen LogP contribution < -0.4 is 11.2 Å². The summed E-state index contributed by atoms with van der Waals surface area (Å²) >= 11 is 6.14. The molecule has 1 saturated carbocycles. The second kappa shape index (κ2) is 5.40. The molecule has 0 aromatic carbocycles. The van der Waals surface area contributed by atoms with Gasteiger partial charge in [0, 0.05) is 6.04 Å². The highest BCUT2D eigenvalue weighted by atomic mass is 35.5. The van der Waals surface area contributed by atoms with Gasteiger partial charge in [-0.3, -0.25) is 14.3 Å². The Morgan fingerprint density at radius 3 is 2.30 bits per heavy atom. The topological polar surface area (TPSA) is 54.9 Å². The zero-order valence-electron chi connectivity index (χ0n) is 12.6. The summed E-state index contributed by atoms with van der Waals surface area (Å²) in [6, 6.07) is -0.184. The van der Waals surface area contributed by atoms with Crippen LogP contribution in [0.25, 0.3) is 0 Å². The highest BCUT2D eigenvalue weighted by Gasteiger charge is 2.29. The van der Waals surface area contributed by atoms with Gasteiger partial charge in [0.25, 0.3) is 5.56 Å². The van der Waals surface area contributed by atoms with Crippen molar-refractivity contribution in [1.82, 2.24) is 9.55 Å². The molecule has 1 aliphatic carbocycles. The Morgan fingerprint density at radius 2 is 1.80 bits per heavy atom. The molecule has 1 aliphatic rings. The molecular formula is C15H23ClN2O2. The summed E-state index contributed by atoms with van der Waals surface area (Å²) in [5.74, 6) is 0.185. The van der Waals surface area contributed by atoms with Crippen molar-refractivity contribution >= 4 is 11.6 Å². The second-order valence-corrected chi connectivity index (χ2v) is 7.23. The van der Waals surface area contributed by atoms with Crippen LogP contribution >= 0.6 is 11.6 Å². The molecule has 0 radical (unpaired) electrons. The normalized spacial score (nSPS) is 18.4. The first-order valence-corrected chi connectivity index (χ1v) is 7.65. The number of halogens is 1. The van der Waals surface area contributed by atoms with E-state index in [1.807, 2.05) is 27.7 Å². The van der Waals surface area contributed by atoms with Gasteiger partial charge in [0.2, 0.25) is 0 Å². The molecule has 5 heteroatoms. The van der Waals surface area contributed by atoms with Crippen molar-refractivity contribution in [3.63, 3.8) is 0 Å². The maximum Gasteiger partial charge on any atom is 0.329 e. The van der Waals surface area contributed by atoms with Crippen molar-refractivity contribution in [2.24, 2.45) is 5.41 Å². The van der Waals surface area contributed by atoms with Crippen LogP contribution in [0, 0.1) is 5.41 Å². The van der Waals surface area contributed by atoms with Crippen LogP contribution in [0.15, 0.2) is 9.59 Å². The van der Waals surface area contributed by atoms with Gasteiger partial charge in [-0.15, -0.1) is 0 Å². The minimum absolute atomic E-state index is 0.169. The van der Waals surface area contributed by atoms with Gasteiger partial charge in [0.15, 0.2) is 0 Å². The minimum Gasteiger partial charge on any atom is -0.297 e. The Balaban J connectivity index is 2.62. The zero-order valence-corrected chi connectivity index (χ0v) is 13.4. The lowest BCUT2D eigenvalue weighted by Gasteiger charge is -2.29. The van der Waals surface area contributed by atoms with Gasteiger partial charge in [-0.25, -0.2) is 4.79 Å². The van der Waals surface area contributed by atoms with Crippen molar-refractivity contribution in [3.05, 3.63) is 31.6 Å². The zero-order chi connectivity index (χ0) is 15.1. The first-order valence-electron chi connectivity index (χ1n) is 7.27. The lowest BCUT2D eigenvalue weighted by molar-refractivity contribution is 0.249. The smallest absolute Gasteiger partial charge is 0.297 e. The highest BCUT2D eigenvalue weighted by molar-refractivity contribution is 6.30. The van der Waals surface area contributed by atoms with Gasteiger partial charge < -0.3 is 0 Å². The molecule has 1 atom stereocenters. The third kappa shape index (κ3) is 2.71. The van der Waals surface area contributed by atoms with Crippen LogP contribution in [0.4, 0.5) is 0 Å². The van der Waals surface area contributed by atoms with Crippen molar-refractivity contribution in [2.45, 2.75) is 65.3 Å². The first-order chi connectivity index (χ1) is 9.23. The lowest BCUT2D eigenvalue weighted by atomic mass is 9.87. The van der Waals surface area contributed by atoms with Gasteiger partial charge in [0.05, 0.1) is 5.56 Å². The molecule has 1 N–H and O–H groups in total. The summed E-state index contributed by atoms with van der Waals surface area (Å²) in [7, 11) is 0. The van der Waals surface area contributed by atoms with E-state index in [4.69, 9.17) is 11.6 Å². The van der Waals surface area contributed by atoms with Gasteiger partial charge in [-0.2, -0.15) is 0 Å². The number of hydrogen-bond donors (Lipinski definition) is 1. The minimum atomic E-state index is -0.413. The molecular weight excluding hydrogens is 276 g/mol. The van der Waals surface area contributed by atoms with Crippen LogP contribution in [0.1, 0.15) is 70.9 Å². The molecule has 1 aromatic heterocycles. The van der Waals surface area contributed by atoms with Crippen molar-refractivity contribution in [2.75, 3.05) is 0 Å². The quantitative estimate of drug-likeness (QED) is 0.850. The third-order valence-electron chi connectivity index (χ3n) is 4.53. The van der Waals surface area contributed by atoms with Gasteiger partial charge in [0.1, 0.15) is 5.15 Å². The Morgan fingerprint density at radius 1 is 1.25 bits per heavy atom. The summed E-state index contributed by atoms with van der Waals surface area (Å²) < 4.78 is 1.33. The SMILES string of the molecule is CC(n1c(=O)[nH]c(Cl)c(C2CCCC2)c1=O)C(C)(C)C. The van der Waals surface area contributed by atoms with E-state index in [0.29, 0.717) is 5.56 Å².